The van der Waals surface area contributed by atoms with E-state index in [1.807, 2.05) is 6.92 Å². The molecule has 0 spiro atoms. The quantitative estimate of drug-likeness (QED) is 0.598. The van der Waals surface area contributed by atoms with Gasteiger partial charge >= 0.3 is 0 Å². The smallest absolute Gasteiger partial charge is 0.0704 e. The highest BCUT2D eigenvalue weighted by Gasteiger charge is 2.16. The average Bonchev–Trinajstić information content (AvgIpc) is 2.26. The number of hydrogen-bond acceptors (Lipinski definition) is 4. The van der Waals surface area contributed by atoms with E-state index in [1.165, 1.54) is 0 Å². The molecule has 0 heterocycles. The minimum Gasteiger partial charge on any atom is -0.382 e. The van der Waals surface area contributed by atoms with Gasteiger partial charge in [0, 0.05) is 13.2 Å². The van der Waals surface area contributed by atoms with Gasteiger partial charge in [-0.05, 0) is 33.1 Å². The maximum absolute atomic E-state index is 5.67. The van der Waals surface area contributed by atoms with Crippen LogP contribution in [0.3, 0.4) is 0 Å². The topological polar surface area (TPSA) is 53.7 Å². The maximum atomic E-state index is 5.67. The number of rotatable bonds is 10. The molecule has 4 nitrogen and oxygen atoms in total. The molecule has 0 radical (unpaired) electrons. The Morgan fingerprint density at radius 2 is 1.65 bits per heavy atom. The molecule has 0 aromatic rings. The lowest BCUT2D eigenvalue weighted by molar-refractivity contribution is -0.0211. The van der Waals surface area contributed by atoms with E-state index in [2.05, 4.69) is 20.8 Å². The monoisotopic (exact) mass is 247 g/mol. The van der Waals surface area contributed by atoms with Crippen LogP contribution in [-0.2, 0) is 14.2 Å². The van der Waals surface area contributed by atoms with Crippen molar-refractivity contribution in [2.75, 3.05) is 26.9 Å². The van der Waals surface area contributed by atoms with Crippen LogP contribution in [-0.4, -0.2) is 45.2 Å². The zero-order valence-corrected chi connectivity index (χ0v) is 11.9. The van der Waals surface area contributed by atoms with Crippen molar-refractivity contribution in [2.24, 2.45) is 11.7 Å². The summed E-state index contributed by atoms with van der Waals surface area (Å²) in [5.41, 5.74) is 5.65. The minimum atomic E-state index is 0.100. The second-order valence-electron chi connectivity index (χ2n) is 4.90. The van der Waals surface area contributed by atoms with Crippen LogP contribution in [0.15, 0.2) is 0 Å². The number of methoxy groups -OCH3 is 1. The van der Waals surface area contributed by atoms with Gasteiger partial charge in [0.2, 0.25) is 0 Å². The summed E-state index contributed by atoms with van der Waals surface area (Å²) in [5.74, 6) is 0.468. The highest BCUT2D eigenvalue weighted by molar-refractivity contribution is 4.66. The molecule has 0 fully saturated rings. The molecule has 0 saturated heterocycles. The SMILES string of the molecule is COCCOC(C)C(C)CC(C)OCC(C)N. The molecule has 4 heteroatoms. The number of ether oxygens (including phenoxy) is 3. The molecule has 0 aliphatic heterocycles. The Morgan fingerprint density at radius 3 is 2.18 bits per heavy atom. The molecule has 0 amide bonds. The molecule has 4 atom stereocenters. The van der Waals surface area contributed by atoms with E-state index in [0.29, 0.717) is 25.7 Å². The van der Waals surface area contributed by atoms with Gasteiger partial charge in [0.25, 0.3) is 0 Å². The molecule has 0 bridgehead atoms. The molecule has 0 rings (SSSR count). The Bertz CT molecular complexity index is 176. The first-order valence-electron chi connectivity index (χ1n) is 6.45. The Kier molecular flexibility index (Phi) is 9.74. The summed E-state index contributed by atoms with van der Waals surface area (Å²) >= 11 is 0. The summed E-state index contributed by atoms with van der Waals surface area (Å²) < 4.78 is 16.3. The van der Waals surface area contributed by atoms with Crippen molar-refractivity contribution in [3.8, 4) is 0 Å². The summed E-state index contributed by atoms with van der Waals surface area (Å²) in [7, 11) is 1.68. The van der Waals surface area contributed by atoms with Gasteiger partial charge in [-0.3, -0.25) is 0 Å². The molecule has 0 aliphatic carbocycles. The van der Waals surface area contributed by atoms with Crippen LogP contribution in [0.5, 0.6) is 0 Å². The van der Waals surface area contributed by atoms with Crippen LogP contribution in [0, 0.1) is 5.92 Å². The molecule has 4 unspecified atom stereocenters. The zero-order valence-electron chi connectivity index (χ0n) is 11.9. The molecular formula is C13H29NO3. The second-order valence-corrected chi connectivity index (χ2v) is 4.90. The van der Waals surface area contributed by atoms with Crippen molar-refractivity contribution in [3.63, 3.8) is 0 Å². The van der Waals surface area contributed by atoms with Gasteiger partial charge in [-0.25, -0.2) is 0 Å². The standard InChI is InChI=1S/C13H29NO3/c1-10(13(4)16-7-6-15-5)8-12(3)17-9-11(2)14/h10-13H,6-9,14H2,1-5H3. The highest BCUT2D eigenvalue weighted by atomic mass is 16.5. The van der Waals surface area contributed by atoms with E-state index < -0.39 is 0 Å². The lowest BCUT2D eigenvalue weighted by atomic mass is 9.99. The lowest BCUT2D eigenvalue weighted by Gasteiger charge is -2.24. The second kappa shape index (κ2) is 9.83. The van der Waals surface area contributed by atoms with Crippen molar-refractivity contribution in [2.45, 2.75) is 52.4 Å². The van der Waals surface area contributed by atoms with Gasteiger partial charge in [0.05, 0.1) is 32.0 Å². The summed E-state index contributed by atoms with van der Waals surface area (Å²) in [6, 6.07) is 0.100. The fourth-order valence-electron chi connectivity index (χ4n) is 1.58. The van der Waals surface area contributed by atoms with E-state index in [4.69, 9.17) is 19.9 Å². The number of nitrogens with two attached hydrogens (primary N) is 1. The van der Waals surface area contributed by atoms with Crippen molar-refractivity contribution in [3.05, 3.63) is 0 Å². The largest absolute Gasteiger partial charge is 0.382 e. The molecule has 2 N–H and O–H groups in total. The summed E-state index contributed by atoms with van der Waals surface area (Å²) in [6.45, 7) is 10.2. The van der Waals surface area contributed by atoms with E-state index in [1.54, 1.807) is 7.11 Å². The van der Waals surface area contributed by atoms with Crippen molar-refractivity contribution >= 4 is 0 Å². The van der Waals surface area contributed by atoms with Crippen LogP contribution >= 0.6 is 0 Å². The third kappa shape index (κ3) is 9.53. The van der Waals surface area contributed by atoms with E-state index in [-0.39, 0.29) is 18.2 Å². The summed E-state index contributed by atoms with van der Waals surface area (Å²) in [4.78, 5) is 0. The first-order chi connectivity index (χ1) is 7.97. The molecule has 0 saturated carbocycles. The van der Waals surface area contributed by atoms with Gasteiger partial charge in [-0.1, -0.05) is 6.92 Å². The molecular weight excluding hydrogens is 218 g/mol. The average molecular weight is 247 g/mol. The number of hydrogen-bond donors (Lipinski definition) is 1. The highest BCUT2D eigenvalue weighted by Crippen LogP contribution is 2.15. The fraction of sp³-hybridized carbons (Fsp3) is 1.00. The normalized spacial score (nSPS) is 18.7. The molecule has 17 heavy (non-hydrogen) atoms. The van der Waals surface area contributed by atoms with Crippen LogP contribution in [0.1, 0.15) is 34.1 Å². The van der Waals surface area contributed by atoms with Crippen LogP contribution in [0.25, 0.3) is 0 Å². The maximum Gasteiger partial charge on any atom is 0.0704 e. The predicted octanol–water partition coefficient (Wildman–Crippen LogP) is 1.82. The fourth-order valence-corrected chi connectivity index (χ4v) is 1.58. The van der Waals surface area contributed by atoms with E-state index >= 15 is 0 Å². The van der Waals surface area contributed by atoms with E-state index in [0.717, 1.165) is 6.42 Å². The van der Waals surface area contributed by atoms with Crippen molar-refractivity contribution < 1.29 is 14.2 Å². The Hall–Kier alpha value is -0.160. The Morgan fingerprint density at radius 1 is 1.00 bits per heavy atom. The van der Waals surface area contributed by atoms with Gasteiger partial charge in [0.1, 0.15) is 0 Å². The van der Waals surface area contributed by atoms with Gasteiger partial charge in [0.15, 0.2) is 0 Å². The molecule has 0 aromatic heterocycles. The summed E-state index contributed by atoms with van der Waals surface area (Å²) in [5, 5.41) is 0. The first kappa shape index (κ1) is 16.8. The van der Waals surface area contributed by atoms with Crippen LogP contribution < -0.4 is 5.73 Å². The predicted molar refractivity (Wildman–Crippen MR) is 70.1 cm³/mol. The van der Waals surface area contributed by atoms with Crippen LogP contribution in [0.2, 0.25) is 0 Å². The van der Waals surface area contributed by atoms with Crippen LogP contribution in [0.4, 0.5) is 0 Å². The molecule has 104 valence electrons. The minimum absolute atomic E-state index is 0.100. The van der Waals surface area contributed by atoms with Gasteiger partial charge in [-0.15, -0.1) is 0 Å². The zero-order chi connectivity index (χ0) is 13.3. The van der Waals surface area contributed by atoms with Crippen molar-refractivity contribution in [1.29, 1.82) is 0 Å². The van der Waals surface area contributed by atoms with Gasteiger partial charge < -0.3 is 19.9 Å². The molecule has 0 aromatic carbocycles. The summed E-state index contributed by atoms with van der Waals surface area (Å²) in [6.07, 6.45) is 1.44. The lowest BCUT2D eigenvalue weighted by Crippen LogP contribution is -2.28. The van der Waals surface area contributed by atoms with E-state index in [9.17, 15) is 0 Å². The third-order valence-corrected chi connectivity index (χ3v) is 2.82. The third-order valence-electron chi connectivity index (χ3n) is 2.82. The molecule has 0 aliphatic rings. The van der Waals surface area contributed by atoms with Crippen molar-refractivity contribution in [1.82, 2.24) is 0 Å². The Labute approximate surface area is 106 Å². The van der Waals surface area contributed by atoms with Gasteiger partial charge in [-0.2, -0.15) is 0 Å². The first-order valence-corrected chi connectivity index (χ1v) is 6.45. The Balaban J connectivity index is 3.70.